The summed E-state index contributed by atoms with van der Waals surface area (Å²) in [7, 11) is 1.63. The molecule has 0 aliphatic carbocycles. The molecule has 4 heteroatoms. The first-order chi connectivity index (χ1) is 10.6. The van der Waals surface area contributed by atoms with Gasteiger partial charge >= 0.3 is 0 Å². The highest BCUT2D eigenvalue weighted by Crippen LogP contribution is 2.17. The van der Waals surface area contributed by atoms with Crippen LogP contribution in [-0.2, 0) is 4.79 Å². The maximum atomic E-state index is 11.9. The third kappa shape index (κ3) is 4.64. The SMILES string of the molecule is COc1ccc(C(C)NC(=O)/C=C/c2ccc(Cl)cc2)cc1. The van der Waals surface area contributed by atoms with Crippen LogP contribution >= 0.6 is 11.6 Å². The minimum absolute atomic E-state index is 0.0757. The zero-order valence-corrected chi connectivity index (χ0v) is 13.3. The van der Waals surface area contributed by atoms with E-state index in [9.17, 15) is 4.79 Å². The van der Waals surface area contributed by atoms with E-state index in [4.69, 9.17) is 16.3 Å². The van der Waals surface area contributed by atoms with Gasteiger partial charge in [0.15, 0.2) is 0 Å². The molecule has 1 amide bonds. The first-order valence-electron chi connectivity index (χ1n) is 6.96. The van der Waals surface area contributed by atoms with Gasteiger partial charge in [-0.05, 0) is 48.4 Å². The van der Waals surface area contributed by atoms with Crippen LogP contribution in [0.5, 0.6) is 5.75 Å². The van der Waals surface area contributed by atoms with Crippen LogP contribution < -0.4 is 10.1 Å². The lowest BCUT2D eigenvalue weighted by atomic mass is 10.1. The monoisotopic (exact) mass is 315 g/mol. The number of rotatable bonds is 5. The van der Waals surface area contributed by atoms with Gasteiger partial charge in [0.05, 0.1) is 13.2 Å². The van der Waals surface area contributed by atoms with Crippen molar-refractivity contribution in [2.45, 2.75) is 13.0 Å². The van der Waals surface area contributed by atoms with Gasteiger partial charge in [-0.25, -0.2) is 0 Å². The number of nitrogens with one attached hydrogen (secondary N) is 1. The van der Waals surface area contributed by atoms with Crippen molar-refractivity contribution < 1.29 is 9.53 Å². The maximum Gasteiger partial charge on any atom is 0.244 e. The van der Waals surface area contributed by atoms with E-state index in [1.807, 2.05) is 43.3 Å². The summed E-state index contributed by atoms with van der Waals surface area (Å²) < 4.78 is 5.12. The minimum Gasteiger partial charge on any atom is -0.497 e. The molecule has 1 unspecified atom stereocenters. The fourth-order valence-electron chi connectivity index (χ4n) is 1.98. The van der Waals surface area contributed by atoms with Gasteiger partial charge in [-0.1, -0.05) is 35.9 Å². The summed E-state index contributed by atoms with van der Waals surface area (Å²) in [5.41, 5.74) is 1.95. The molecular formula is C18H18ClNO2. The summed E-state index contributed by atoms with van der Waals surface area (Å²) in [6.45, 7) is 1.94. The smallest absolute Gasteiger partial charge is 0.244 e. The number of benzene rings is 2. The van der Waals surface area contributed by atoms with Crippen molar-refractivity contribution in [2.75, 3.05) is 7.11 Å². The molecule has 2 aromatic rings. The Morgan fingerprint density at radius 3 is 2.36 bits per heavy atom. The molecule has 22 heavy (non-hydrogen) atoms. The quantitative estimate of drug-likeness (QED) is 0.838. The molecule has 1 N–H and O–H groups in total. The van der Waals surface area contributed by atoms with Gasteiger partial charge in [0.25, 0.3) is 0 Å². The number of carbonyl (C=O) groups excluding carboxylic acids is 1. The van der Waals surface area contributed by atoms with Crippen LogP contribution in [0, 0.1) is 0 Å². The molecule has 0 saturated heterocycles. The average molecular weight is 316 g/mol. The Morgan fingerprint density at radius 1 is 1.14 bits per heavy atom. The van der Waals surface area contributed by atoms with Crippen LogP contribution in [0.2, 0.25) is 5.02 Å². The van der Waals surface area contributed by atoms with Gasteiger partial charge in [-0.2, -0.15) is 0 Å². The molecule has 3 nitrogen and oxygen atoms in total. The zero-order chi connectivity index (χ0) is 15.9. The van der Waals surface area contributed by atoms with Crippen molar-refractivity contribution in [3.05, 3.63) is 70.8 Å². The summed E-state index contributed by atoms with van der Waals surface area (Å²) in [6, 6.07) is 14.9. The molecular weight excluding hydrogens is 298 g/mol. The molecule has 0 bridgehead atoms. The molecule has 0 aromatic heterocycles. The van der Waals surface area contributed by atoms with Crippen LogP contribution in [0.15, 0.2) is 54.6 Å². The van der Waals surface area contributed by atoms with Crippen molar-refractivity contribution in [3.8, 4) is 5.75 Å². The molecule has 0 aliphatic heterocycles. The predicted octanol–water partition coefficient (Wildman–Crippen LogP) is 4.24. The molecule has 0 heterocycles. The molecule has 114 valence electrons. The van der Waals surface area contributed by atoms with E-state index in [1.165, 1.54) is 6.08 Å². The summed E-state index contributed by atoms with van der Waals surface area (Å²) in [5.74, 6) is 0.656. The van der Waals surface area contributed by atoms with Crippen LogP contribution in [0.1, 0.15) is 24.1 Å². The van der Waals surface area contributed by atoms with Crippen molar-refractivity contribution in [1.82, 2.24) is 5.32 Å². The van der Waals surface area contributed by atoms with Gasteiger partial charge < -0.3 is 10.1 Å². The largest absolute Gasteiger partial charge is 0.497 e. The highest BCUT2D eigenvalue weighted by molar-refractivity contribution is 6.30. The Balaban J connectivity index is 1.94. The lowest BCUT2D eigenvalue weighted by Gasteiger charge is -2.13. The van der Waals surface area contributed by atoms with Crippen LogP contribution in [0.3, 0.4) is 0 Å². The van der Waals surface area contributed by atoms with Gasteiger partial charge in [0.2, 0.25) is 5.91 Å². The fourth-order valence-corrected chi connectivity index (χ4v) is 2.11. The van der Waals surface area contributed by atoms with E-state index in [0.717, 1.165) is 16.9 Å². The second-order valence-electron chi connectivity index (χ2n) is 4.89. The molecule has 1 atom stereocenters. The van der Waals surface area contributed by atoms with Crippen LogP contribution in [0.4, 0.5) is 0 Å². The zero-order valence-electron chi connectivity index (χ0n) is 12.5. The standard InChI is InChI=1S/C18H18ClNO2/c1-13(15-6-10-17(22-2)11-7-15)20-18(21)12-5-14-3-8-16(19)9-4-14/h3-13H,1-2H3,(H,20,21)/b12-5+. The van der Waals surface area contributed by atoms with E-state index in [-0.39, 0.29) is 11.9 Å². The second-order valence-corrected chi connectivity index (χ2v) is 5.32. The van der Waals surface area contributed by atoms with E-state index in [2.05, 4.69) is 5.32 Å². The molecule has 0 radical (unpaired) electrons. The molecule has 0 spiro atoms. The van der Waals surface area contributed by atoms with Crippen molar-refractivity contribution in [2.24, 2.45) is 0 Å². The van der Waals surface area contributed by atoms with E-state index < -0.39 is 0 Å². The highest BCUT2D eigenvalue weighted by Gasteiger charge is 2.07. The first kappa shape index (κ1) is 16.1. The number of carbonyl (C=O) groups is 1. The van der Waals surface area contributed by atoms with Crippen molar-refractivity contribution in [1.29, 1.82) is 0 Å². The Bertz CT molecular complexity index is 648. The Kier molecular flexibility index (Phi) is 5.61. The van der Waals surface area contributed by atoms with Gasteiger partial charge in [0, 0.05) is 11.1 Å². The van der Waals surface area contributed by atoms with Crippen LogP contribution in [0.25, 0.3) is 6.08 Å². The summed E-state index contributed by atoms with van der Waals surface area (Å²) in [5, 5.41) is 3.60. The van der Waals surface area contributed by atoms with E-state index in [1.54, 1.807) is 25.3 Å². The van der Waals surface area contributed by atoms with Gasteiger partial charge in [0.1, 0.15) is 5.75 Å². The van der Waals surface area contributed by atoms with Crippen LogP contribution in [-0.4, -0.2) is 13.0 Å². The maximum absolute atomic E-state index is 11.9. The molecule has 2 aromatic carbocycles. The molecule has 2 rings (SSSR count). The number of hydrogen-bond acceptors (Lipinski definition) is 2. The Morgan fingerprint density at radius 2 is 1.77 bits per heavy atom. The normalized spacial score (nSPS) is 12.1. The Hall–Kier alpha value is -2.26. The highest BCUT2D eigenvalue weighted by atomic mass is 35.5. The lowest BCUT2D eigenvalue weighted by molar-refractivity contribution is -0.117. The predicted molar refractivity (Wildman–Crippen MR) is 90.0 cm³/mol. The number of halogens is 1. The number of methoxy groups -OCH3 is 1. The fraction of sp³-hybridized carbons (Fsp3) is 0.167. The second kappa shape index (κ2) is 7.66. The molecule has 0 saturated carbocycles. The topological polar surface area (TPSA) is 38.3 Å². The Labute approximate surface area is 135 Å². The molecule has 0 aliphatic rings. The van der Waals surface area contributed by atoms with Gasteiger partial charge in [-0.3, -0.25) is 4.79 Å². The summed E-state index contributed by atoms with van der Waals surface area (Å²) in [6.07, 6.45) is 3.27. The molecule has 0 fully saturated rings. The van der Waals surface area contributed by atoms with Gasteiger partial charge in [-0.15, -0.1) is 0 Å². The van der Waals surface area contributed by atoms with Crippen molar-refractivity contribution >= 4 is 23.6 Å². The number of hydrogen-bond donors (Lipinski definition) is 1. The first-order valence-corrected chi connectivity index (χ1v) is 7.34. The number of amides is 1. The van der Waals surface area contributed by atoms with E-state index >= 15 is 0 Å². The lowest BCUT2D eigenvalue weighted by Crippen LogP contribution is -2.24. The average Bonchev–Trinajstić information content (AvgIpc) is 2.54. The summed E-state index contributed by atoms with van der Waals surface area (Å²) >= 11 is 5.82. The van der Waals surface area contributed by atoms with Crippen molar-refractivity contribution in [3.63, 3.8) is 0 Å². The number of ether oxygens (including phenoxy) is 1. The summed E-state index contributed by atoms with van der Waals surface area (Å²) in [4.78, 5) is 11.9. The third-order valence-electron chi connectivity index (χ3n) is 3.27. The third-order valence-corrected chi connectivity index (χ3v) is 3.52. The van der Waals surface area contributed by atoms with E-state index in [0.29, 0.717) is 5.02 Å². The minimum atomic E-state index is -0.140.